The standard InChI is InChI=1S/2C7H11F3N2O.C2HF3O2/c2*8-7(9,10)6(13)12-3-1-5(11)2-4-12;3-2(4,5)1(6)7/h2*5H,1-4,11H2;(H,6,7). The molecule has 194 valence electrons. The second kappa shape index (κ2) is 12.2. The molecule has 0 radical (unpaired) electrons. The lowest BCUT2D eigenvalue weighted by atomic mass is 10.1. The summed E-state index contributed by atoms with van der Waals surface area (Å²) in [7, 11) is 0. The molecule has 2 saturated heterocycles. The van der Waals surface area contributed by atoms with Gasteiger partial charge in [0.2, 0.25) is 0 Å². The fourth-order valence-corrected chi connectivity index (χ4v) is 2.56. The Balaban J connectivity index is 0.000000490. The molecule has 0 aromatic rings. The van der Waals surface area contributed by atoms with E-state index in [1.165, 1.54) is 0 Å². The van der Waals surface area contributed by atoms with Crippen LogP contribution in [0.1, 0.15) is 25.7 Å². The molecule has 2 amide bonds. The summed E-state index contributed by atoms with van der Waals surface area (Å²) in [6, 6.07) is -0.144. The zero-order valence-corrected chi connectivity index (χ0v) is 16.9. The van der Waals surface area contributed by atoms with Gasteiger partial charge in [-0.3, -0.25) is 9.59 Å². The molecule has 2 fully saturated rings. The third kappa shape index (κ3) is 11.9. The normalized spacial score (nSPS) is 18.5. The highest BCUT2D eigenvalue weighted by Gasteiger charge is 2.44. The molecular formula is C16H23F9N4O4. The molecule has 2 heterocycles. The summed E-state index contributed by atoms with van der Waals surface area (Å²) < 4.78 is 103. The molecule has 5 N–H and O–H groups in total. The Hall–Kier alpha value is -2.30. The van der Waals surface area contributed by atoms with Gasteiger partial charge in [-0.2, -0.15) is 39.5 Å². The highest BCUT2D eigenvalue weighted by atomic mass is 19.4. The molecule has 33 heavy (non-hydrogen) atoms. The van der Waals surface area contributed by atoms with Gasteiger partial charge in [-0.05, 0) is 25.7 Å². The van der Waals surface area contributed by atoms with Crippen LogP contribution in [-0.4, -0.2) is 89.5 Å². The van der Waals surface area contributed by atoms with Crippen LogP contribution < -0.4 is 11.5 Å². The lowest BCUT2D eigenvalue weighted by Crippen LogP contribution is -2.47. The molecular weight excluding hydrogens is 483 g/mol. The van der Waals surface area contributed by atoms with Crippen LogP contribution in [0.3, 0.4) is 0 Å². The van der Waals surface area contributed by atoms with Gasteiger partial charge in [0.15, 0.2) is 0 Å². The SMILES string of the molecule is NC1CCN(C(=O)C(F)(F)F)CC1.NC1CCN(C(=O)C(F)(F)F)CC1.O=C(O)C(F)(F)F. The van der Waals surface area contributed by atoms with Crippen LogP contribution >= 0.6 is 0 Å². The predicted octanol–water partition coefficient (Wildman–Crippen LogP) is 1.63. The number of carbonyl (C=O) groups is 3. The van der Waals surface area contributed by atoms with E-state index in [2.05, 4.69) is 0 Å². The molecule has 2 aliphatic rings. The quantitative estimate of drug-likeness (QED) is 0.429. The van der Waals surface area contributed by atoms with E-state index < -0.39 is 36.3 Å². The number of aliphatic carboxylic acids is 1. The molecule has 2 aliphatic heterocycles. The molecule has 0 bridgehead atoms. The maximum absolute atomic E-state index is 11.9. The van der Waals surface area contributed by atoms with Gasteiger partial charge in [0.1, 0.15) is 0 Å². The Morgan fingerprint density at radius 3 is 0.970 bits per heavy atom. The number of amides is 2. The van der Waals surface area contributed by atoms with Gasteiger partial charge < -0.3 is 26.4 Å². The molecule has 0 aromatic carbocycles. The van der Waals surface area contributed by atoms with Crippen LogP contribution in [0.5, 0.6) is 0 Å². The van der Waals surface area contributed by atoms with E-state index in [4.69, 9.17) is 21.4 Å². The molecule has 0 aromatic heterocycles. The minimum absolute atomic E-state index is 0.0720. The van der Waals surface area contributed by atoms with E-state index in [0.29, 0.717) is 25.7 Å². The number of hydrogen-bond acceptors (Lipinski definition) is 5. The fourth-order valence-electron chi connectivity index (χ4n) is 2.56. The largest absolute Gasteiger partial charge is 0.490 e. The second-order valence-electron chi connectivity index (χ2n) is 7.06. The van der Waals surface area contributed by atoms with E-state index in [-0.39, 0.29) is 38.3 Å². The van der Waals surface area contributed by atoms with Crippen molar-refractivity contribution in [1.82, 2.24) is 9.80 Å². The molecule has 0 saturated carbocycles. The van der Waals surface area contributed by atoms with E-state index in [9.17, 15) is 49.1 Å². The van der Waals surface area contributed by atoms with Crippen molar-refractivity contribution in [3.63, 3.8) is 0 Å². The Kier molecular flexibility index (Phi) is 11.4. The number of rotatable bonds is 0. The molecule has 17 heteroatoms. The van der Waals surface area contributed by atoms with Gasteiger partial charge in [-0.15, -0.1) is 0 Å². The van der Waals surface area contributed by atoms with Crippen LogP contribution in [0.25, 0.3) is 0 Å². The number of nitrogens with two attached hydrogens (primary N) is 2. The molecule has 8 nitrogen and oxygen atoms in total. The number of hydrogen-bond donors (Lipinski definition) is 3. The number of nitrogens with zero attached hydrogens (tertiary/aromatic N) is 2. The van der Waals surface area contributed by atoms with Gasteiger partial charge in [0.05, 0.1) is 0 Å². The van der Waals surface area contributed by atoms with Crippen molar-refractivity contribution in [2.24, 2.45) is 11.5 Å². The Bertz CT molecular complexity index is 608. The molecule has 0 spiro atoms. The fraction of sp³-hybridized carbons (Fsp3) is 0.812. The first kappa shape index (κ1) is 30.7. The lowest BCUT2D eigenvalue weighted by molar-refractivity contribution is -0.192. The summed E-state index contributed by atoms with van der Waals surface area (Å²) in [5.74, 6) is -6.26. The number of alkyl halides is 9. The number of likely N-dealkylation sites (tertiary alicyclic amines) is 2. The first-order valence-corrected chi connectivity index (χ1v) is 9.30. The smallest absolute Gasteiger partial charge is 0.475 e. The molecule has 0 atom stereocenters. The van der Waals surface area contributed by atoms with Crippen molar-refractivity contribution in [2.75, 3.05) is 26.2 Å². The number of carboxylic acids is 1. The number of carboxylic acid groups (broad SMARTS) is 1. The minimum atomic E-state index is -5.08. The van der Waals surface area contributed by atoms with Crippen molar-refractivity contribution in [3.8, 4) is 0 Å². The lowest BCUT2D eigenvalue weighted by Gasteiger charge is -2.30. The Morgan fingerprint density at radius 1 is 0.606 bits per heavy atom. The maximum Gasteiger partial charge on any atom is 0.490 e. The highest BCUT2D eigenvalue weighted by Crippen LogP contribution is 2.22. The Labute approximate surface area is 181 Å². The molecule has 2 rings (SSSR count). The summed E-state index contributed by atoms with van der Waals surface area (Å²) in [6.45, 7) is 0.442. The van der Waals surface area contributed by atoms with Crippen LogP contribution in [0.15, 0.2) is 0 Å². The summed E-state index contributed by atoms with van der Waals surface area (Å²) in [5.41, 5.74) is 11.0. The zero-order chi connectivity index (χ0) is 26.2. The van der Waals surface area contributed by atoms with E-state index in [1.54, 1.807) is 0 Å². The summed E-state index contributed by atoms with van der Waals surface area (Å²) in [5, 5.41) is 7.12. The summed E-state index contributed by atoms with van der Waals surface area (Å²) >= 11 is 0. The third-order valence-corrected chi connectivity index (χ3v) is 4.38. The zero-order valence-electron chi connectivity index (χ0n) is 16.9. The first-order valence-electron chi connectivity index (χ1n) is 9.30. The van der Waals surface area contributed by atoms with Gasteiger partial charge in [-0.25, -0.2) is 4.79 Å². The van der Waals surface area contributed by atoms with Crippen molar-refractivity contribution in [2.45, 2.75) is 56.3 Å². The van der Waals surface area contributed by atoms with Crippen molar-refractivity contribution in [1.29, 1.82) is 0 Å². The first-order chi connectivity index (χ1) is 14.8. The minimum Gasteiger partial charge on any atom is -0.475 e. The number of carbonyl (C=O) groups excluding carboxylic acids is 2. The monoisotopic (exact) mass is 506 g/mol. The average Bonchev–Trinajstić information content (AvgIpc) is 2.67. The number of piperidine rings is 2. The highest BCUT2D eigenvalue weighted by molar-refractivity contribution is 5.82. The summed E-state index contributed by atoms with van der Waals surface area (Å²) in [4.78, 5) is 31.9. The Morgan fingerprint density at radius 2 is 0.818 bits per heavy atom. The second-order valence-corrected chi connectivity index (χ2v) is 7.06. The van der Waals surface area contributed by atoms with Crippen LogP contribution in [0.4, 0.5) is 39.5 Å². The van der Waals surface area contributed by atoms with Gasteiger partial charge in [0.25, 0.3) is 0 Å². The summed E-state index contributed by atoms with van der Waals surface area (Å²) in [6.07, 6.45) is -12.8. The van der Waals surface area contributed by atoms with Gasteiger partial charge in [-0.1, -0.05) is 0 Å². The number of halogens is 9. The molecule has 0 unspecified atom stereocenters. The molecule has 0 aliphatic carbocycles. The predicted molar refractivity (Wildman–Crippen MR) is 93.4 cm³/mol. The van der Waals surface area contributed by atoms with Crippen molar-refractivity contribution >= 4 is 17.8 Å². The van der Waals surface area contributed by atoms with E-state index in [0.717, 1.165) is 9.80 Å². The van der Waals surface area contributed by atoms with Crippen molar-refractivity contribution < 1.29 is 59.0 Å². The van der Waals surface area contributed by atoms with Crippen LogP contribution in [0.2, 0.25) is 0 Å². The maximum atomic E-state index is 11.9. The van der Waals surface area contributed by atoms with E-state index >= 15 is 0 Å². The van der Waals surface area contributed by atoms with Crippen LogP contribution in [-0.2, 0) is 14.4 Å². The average molecular weight is 506 g/mol. The van der Waals surface area contributed by atoms with Crippen LogP contribution in [0, 0.1) is 0 Å². The third-order valence-electron chi connectivity index (χ3n) is 4.38. The van der Waals surface area contributed by atoms with Gasteiger partial charge >= 0.3 is 36.3 Å². The van der Waals surface area contributed by atoms with Crippen molar-refractivity contribution in [3.05, 3.63) is 0 Å². The van der Waals surface area contributed by atoms with E-state index in [1.807, 2.05) is 0 Å². The topological polar surface area (TPSA) is 130 Å². The van der Waals surface area contributed by atoms with Gasteiger partial charge in [0, 0.05) is 38.3 Å².